The van der Waals surface area contributed by atoms with Gasteiger partial charge in [0.1, 0.15) is 4.21 Å². The molecular weight excluding hydrogens is 376 g/mol. The van der Waals surface area contributed by atoms with Gasteiger partial charge in [-0.15, -0.1) is 11.3 Å². The topological polar surface area (TPSA) is 90.3 Å². The van der Waals surface area contributed by atoms with Crippen LogP contribution in [0.2, 0.25) is 0 Å². The lowest BCUT2D eigenvalue weighted by Crippen LogP contribution is -2.36. The van der Waals surface area contributed by atoms with Gasteiger partial charge >= 0.3 is 6.61 Å². The number of ether oxygens (including phenoxy) is 1. The molecule has 25 heavy (non-hydrogen) atoms. The van der Waals surface area contributed by atoms with Crippen LogP contribution in [0.3, 0.4) is 0 Å². The first kappa shape index (κ1) is 17.8. The van der Waals surface area contributed by atoms with Crippen LogP contribution >= 0.6 is 11.3 Å². The third kappa shape index (κ3) is 3.25. The fourth-order valence-electron chi connectivity index (χ4n) is 2.69. The van der Waals surface area contributed by atoms with Gasteiger partial charge in [0.15, 0.2) is 15.5 Å². The van der Waals surface area contributed by atoms with E-state index in [0.29, 0.717) is 5.56 Å². The molecule has 2 aromatic rings. The largest absolute Gasteiger partial charge is 0.417 e. The van der Waals surface area contributed by atoms with E-state index in [4.69, 9.17) is 0 Å². The summed E-state index contributed by atoms with van der Waals surface area (Å²) in [6, 6.07) is 2.28. The van der Waals surface area contributed by atoms with Gasteiger partial charge in [0.25, 0.3) is 5.91 Å². The van der Waals surface area contributed by atoms with Gasteiger partial charge in [-0.25, -0.2) is 13.1 Å². The molecule has 0 bridgehead atoms. The minimum Gasteiger partial charge on any atom is -0.417 e. The highest BCUT2D eigenvalue weighted by molar-refractivity contribution is 7.94. The van der Waals surface area contributed by atoms with Gasteiger partial charge in [-0.1, -0.05) is 0 Å². The van der Waals surface area contributed by atoms with Crippen molar-refractivity contribution in [3.63, 3.8) is 0 Å². The number of carbonyl (C=O) groups excluding carboxylic acids is 1. The zero-order valence-corrected chi connectivity index (χ0v) is 14.9. The molecule has 7 nitrogen and oxygen atoms in total. The van der Waals surface area contributed by atoms with Crippen LogP contribution in [-0.4, -0.2) is 36.0 Å². The first-order valence-corrected chi connectivity index (χ1v) is 9.73. The lowest BCUT2D eigenvalue weighted by atomic mass is 10.0. The molecule has 1 aliphatic rings. The molecule has 1 aliphatic heterocycles. The average Bonchev–Trinajstić information content (AvgIpc) is 3.13. The van der Waals surface area contributed by atoms with E-state index in [0.717, 1.165) is 22.1 Å². The number of nitrogens with one attached hydrogen (secondary N) is 1. The quantitative estimate of drug-likeness (QED) is 0.862. The van der Waals surface area contributed by atoms with Crippen molar-refractivity contribution >= 4 is 27.1 Å². The van der Waals surface area contributed by atoms with Crippen LogP contribution in [0.15, 0.2) is 21.7 Å². The second-order valence-electron chi connectivity index (χ2n) is 5.65. The molecule has 0 saturated carbocycles. The fourth-order valence-corrected chi connectivity index (χ4v) is 5.93. The molecule has 1 amide bonds. The summed E-state index contributed by atoms with van der Waals surface area (Å²) in [6.45, 7) is -1.43. The zero-order chi connectivity index (χ0) is 18.4. The lowest BCUT2D eigenvalue weighted by molar-refractivity contribution is -0.0553. The number of hydrogen-bond donors (Lipinski definition) is 1. The molecule has 0 aliphatic carbocycles. The van der Waals surface area contributed by atoms with Crippen molar-refractivity contribution in [3.05, 3.63) is 28.8 Å². The highest BCUT2D eigenvalue weighted by Gasteiger charge is 2.38. The smallest absolute Gasteiger partial charge is 0.388 e. The molecule has 2 aromatic heterocycles. The number of nitrogens with zero attached hydrogens (tertiary/aromatic N) is 2. The zero-order valence-electron chi connectivity index (χ0n) is 13.3. The van der Waals surface area contributed by atoms with E-state index in [9.17, 15) is 22.0 Å². The maximum atomic E-state index is 12.4. The summed E-state index contributed by atoms with van der Waals surface area (Å²) < 4.78 is 54.8. The number of alkyl halides is 2. The number of fused-ring (bicyclic) bond motifs is 1. The van der Waals surface area contributed by atoms with E-state index in [-0.39, 0.29) is 22.2 Å². The Hall–Kier alpha value is -2.01. The normalized spacial score (nSPS) is 21.8. The monoisotopic (exact) mass is 391 g/mol. The van der Waals surface area contributed by atoms with Crippen LogP contribution in [0.25, 0.3) is 0 Å². The molecule has 0 saturated heterocycles. The van der Waals surface area contributed by atoms with Crippen LogP contribution in [0.5, 0.6) is 5.88 Å². The van der Waals surface area contributed by atoms with Crippen LogP contribution in [0.1, 0.15) is 35.4 Å². The van der Waals surface area contributed by atoms with Gasteiger partial charge < -0.3 is 10.1 Å². The highest BCUT2D eigenvalue weighted by Crippen LogP contribution is 2.39. The van der Waals surface area contributed by atoms with Crippen molar-refractivity contribution < 1.29 is 26.7 Å². The Labute approximate surface area is 146 Å². The number of aryl methyl sites for hydroxylation is 1. The molecule has 136 valence electrons. The summed E-state index contributed by atoms with van der Waals surface area (Å²) in [5.41, 5.74) is 0.451. The molecule has 0 spiro atoms. The standard InChI is InChI=1S/C14H15F2N3O4S2/c1-7-5-9(8-3-4-24-13(8)25(7,21)22)17-12(20)10-6-11(19(2)18-10)23-14(15)16/h3-4,6-7,9,14H,5H2,1-2H3,(H,17,20)/t7-,9-/m0/s1. The Bertz CT molecular complexity index is 907. The van der Waals surface area contributed by atoms with Crippen molar-refractivity contribution in [3.8, 4) is 5.88 Å². The molecule has 0 fully saturated rings. The number of halogens is 2. The number of hydrogen-bond acceptors (Lipinski definition) is 6. The summed E-state index contributed by atoms with van der Waals surface area (Å²) in [4.78, 5) is 12.4. The van der Waals surface area contributed by atoms with Crippen LogP contribution in [0, 0.1) is 0 Å². The molecular formula is C14H15F2N3O4S2. The second kappa shape index (κ2) is 6.37. The van der Waals surface area contributed by atoms with Gasteiger partial charge in [0, 0.05) is 18.7 Å². The molecule has 11 heteroatoms. The van der Waals surface area contributed by atoms with Crippen LogP contribution < -0.4 is 10.1 Å². The summed E-state index contributed by atoms with van der Waals surface area (Å²) in [6.07, 6.45) is 0.227. The molecule has 2 atom stereocenters. The third-order valence-electron chi connectivity index (χ3n) is 3.97. The van der Waals surface area contributed by atoms with Gasteiger partial charge in [-0.05, 0) is 24.8 Å². The predicted octanol–water partition coefficient (Wildman–Crippen LogP) is 2.12. The first-order valence-electron chi connectivity index (χ1n) is 7.31. The van der Waals surface area contributed by atoms with E-state index in [2.05, 4.69) is 15.2 Å². The number of sulfone groups is 1. The number of aromatic nitrogens is 2. The predicted molar refractivity (Wildman–Crippen MR) is 85.6 cm³/mol. The lowest BCUT2D eigenvalue weighted by Gasteiger charge is -2.27. The van der Waals surface area contributed by atoms with Gasteiger partial charge in [0.2, 0.25) is 5.88 Å². The maximum Gasteiger partial charge on any atom is 0.388 e. The van der Waals surface area contributed by atoms with Crippen molar-refractivity contribution in [2.45, 2.75) is 35.5 Å². The van der Waals surface area contributed by atoms with Crippen LogP contribution in [0.4, 0.5) is 8.78 Å². The van der Waals surface area contributed by atoms with Crippen molar-refractivity contribution in [1.29, 1.82) is 0 Å². The Kier molecular flexibility index (Phi) is 4.54. The molecule has 0 unspecified atom stereocenters. The number of amides is 1. The molecule has 0 radical (unpaired) electrons. The Morgan fingerprint density at radius 3 is 2.92 bits per heavy atom. The van der Waals surface area contributed by atoms with E-state index in [1.54, 1.807) is 18.4 Å². The van der Waals surface area contributed by atoms with Crippen molar-refractivity contribution in [1.82, 2.24) is 15.1 Å². The minimum atomic E-state index is -3.38. The fraction of sp³-hybridized carbons (Fsp3) is 0.429. The molecule has 1 N–H and O–H groups in total. The third-order valence-corrected chi connectivity index (χ3v) is 7.69. The molecule has 0 aromatic carbocycles. The molecule has 3 heterocycles. The van der Waals surface area contributed by atoms with Gasteiger partial charge in [-0.2, -0.15) is 13.9 Å². The Morgan fingerprint density at radius 2 is 2.24 bits per heavy atom. The van der Waals surface area contributed by atoms with Gasteiger partial charge in [-0.3, -0.25) is 4.79 Å². The summed E-state index contributed by atoms with van der Waals surface area (Å²) in [5, 5.41) is 7.60. The van der Waals surface area contributed by atoms with Crippen molar-refractivity contribution in [2.24, 2.45) is 7.05 Å². The molecule has 3 rings (SSSR count). The number of carbonyl (C=O) groups is 1. The summed E-state index contributed by atoms with van der Waals surface area (Å²) in [7, 11) is -2.01. The SMILES string of the molecule is C[C@H]1C[C@H](NC(=O)c2cc(OC(F)F)n(C)n2)c2ccsc2S1(=O)=O. The number of thiophene rings is 1. The number of rotatable bonds is 4. The van der Waals surface area contributed by atoms with E-state index >= 15 is 0 Å². The van der Waals surface area contributed by atoms with Gasteiger partial charge in [0.05, 0.1) is 11.3 Å². The van der Waals surface area contributed by atoms with Crippen LogP contribution in [-0.2, 0) is 16.9 Å². The maximum absolute atomic E-state index is 12.4. The summed E-state index contributed by atoms with van der Waals surface area (Å²) in [5.74, 6) is -0.829. The Balaban J connectivity index is 1.83. The minimum absolute atomic E-state index is 0.0870. The Morgan fingerprint density at radius 1 is 1.52 bits per heavy atom. The van der Waals surface area contributed by atoms with E-state index in [1.807, 2.05) is 0 Å². The van der Waals surface area contributed by atoms with E-state index < -0.39 is 33.6 Å². The highest BCUT2D eigenvalue weighted by atomic mass is 32.2. The summed E-state index contributed by atoms with van der Waals surface area (Å²) >= 11 is 1.11. The second-order valence-corrected chi connectivity index (χ2v) is 9.13. The van der Waals surface area contributed by atoms with Crippen molar-refractivity contribution in [2.75, 3.05) is 0 Å². The van der Waals surface area contributed by atoms with E-state index in [1.165, 1.54) is 7.05 Å². The first-order chi connectivity index (χ1) is 11.7. The average molecular weight is 391 g/mol.